The Morgan fingerprint density at radius 3 is 2.33 bits per heavy atom. The fraction of sp³-hybridized carbons (Fsp3) is 0.300. The molecule has 0 bridgehead atoms. The van der Waals surface area contributed by atoms with Crippen LogP contribution in [0.3, 0.4) is 0 Å². The highest BCUT2D eigenvalue weighted by Crippen LogP contribution is 2.13. The monoisotopic (exact) mass is 162 g/mol. The van der Waals surface area contributed by atoms with E-state index in [4.69, 9.17) is 5.41 Å². The van der Waals surface area contributed by atoms with Crippen LogP contribution < -0.4 is 0 Å². The fourth-order valence-corrected chi connectivity index (χ4v) is 1.04. The van der Waals surface area contributed by atoms with Crippen LogP contribution in [0, 0.1) is 5.41 Å². The van der Waals surface area contributed by atoms with Crippen LogP contribution in [-0.2, 0) is 0 Å². The van der Waals surface area contributed by atoms with Crippen LogP contribution in [-0.4, -0.2) is 24.7 Å². The Bertz CT molecular complexity index is 280. The first-order valence-corrected chi connectivity index (χ1v) is 3.95. The van der Waals surface area contributed by atoms with Crippen molar-refractivity contribution in [1.82, 2.24) is 4.90 Å². The van der Waals surface area contributed by atoms with E-state index in [2.05, 4.69) is 0 Å². The van der Waals surface area contributed by atoms with Crippen LogP contribution in [0.25, 0.3) is 0 Å². The summed E-state index contributed by atoms with van der Waals surface area (Å²) >= 11 is 0. The highest BCUT2D eigenvalue weighted by Gasteiger charge is 2.06. The molecule has 0 radical (unpaired) electrons. The Hall–Kier alpha value is -1.31. The molecule has 1 rings (SSSR count). The maximum atomic E-state index is 7.65. The molecule has 0 saturated heterocycles. The maximum Gasteiger partial charge on any atom is 0.0629 e. The lowest BCUT2D eigenvalue weighted by Gasteiger charge is -2.17. The van der Waals surface area contributed by atoms with Crippen LogP contribution in [0.5, 0.6) is 0 Å². The van der Waals surface area contributed by atoms with Gasteiger partial charge in [-0.15, -0.1) is 0 Å². The van der Waals surface area contributed by atoms with E-state index in [1.165, 1.54) is 0 Å². The average Bonchev–Trinajstić information content (AvgIpc) is 2.04. The van der Waals surface area contributed by atoms with Gasteiger partial charge in [0, 0.05) is 25.4 Å². The number of allylic oxidation sites excluding steroid dienone is 6. The van der Waals surface area contributed by atoms with Gasteiger partial charge in [-0.3, -0.25) is 0 Å². The molecule has 1 aliphatic rings. The molecule has 0 aromatic rings. The molecule has 0 heterocycles. The van der Waals surface area contributed by atoms with Gasteiger partial charge in [0.1, 0.15) is 0 Å². The third-order valence-corrected chi connectivity index (χ3v) is 1.99. The predicted molar refractivity (Wildman–Crippen MR) is 52.4 cm³/mol. The molecule has 1 N–H and O–H groups in total. The SMILES string of the molecule is C/C(=C1/C=CC=CC1=N)N(C)C. The van der Waals surface area contributed by atoms with E-state index >= 15 is 0 Å². The highest BCUT2D eigenvalue weighted by molar-refractivity contribution is 6.09. The first-order chi connectivity index (χ1) is 5.63. The second-order valence-corrected chi connectivity index (χ2v) is 3.03. The van der Waals surface area contributed by atoms with Gasteiger partial charge in [0.2, 0.25) is 0 Å². The van der Waals surface area contributed by atoms with Crippen molar-refractivity contribution in [1.29, 1.82) is 5.41 Å². The Balaban J connectivity index is 3.02. The quantitative estimate of drug-likeness (QED) is 0.627. The van der Waals surface area contributed by atoms with Crippen LogP contribution in [0.15, 0.2) is 35.6 Å². The molecule has 1 aliphatic carbocycles. The molecule has 0 aromatic heterocycles. The molecule has 0 amide bonds. The van der Waals surface area contributed by atoms with Gasteiger partial charge in [0.05, 0.1) is 5.71 Å². The maximum absolute atomic E-state index is 7.65. The van der Waals surface area contributed by atoms with Gasteiger partial charge in [0.25, 0.3) is 0 Å². The summed E-state index contributed by atoms with van der Waals surface area (Å²) in [6.45, 7) is 2.02. The first-order valence-electron chi connectivity index (χ1n) is 3.95. The normalized spacial score (nSPS) is 19.8. The molecule has 0 aliphatic heterocycles. The van der Waals surface area contributed by atoms with Gasteiger partial charge < -0.3 is 10.3 Å². The minimum Gasteiger partial charge on any atom is -0.381 e. The van der Waals surface area contributed by atoms with E-state index in [1.807, 2.05) is 50.2 Å². The van der Waals surface area contributed by atoms with Crippen molar-refractivity contribution in [3.05, 3.63) is 35.6 Å². The van der Waals surface area contributed by atoms with Gasteiger partial charge in [0.15, 0.2) is 0 Å². The second kappa shape index (κ2) is 3.39. The van der Waals surface area contributed by atoms with E-state index in [-0.39, 0.29) is 0 Å². The Morgan fingerprint density at radius 2 is 1.83 bits per heavy atom. The average molecular weight is 162 g/mol. The molecule has 0 unspecified atom stereocenters. The number of rotatable bonds is 1. The van der Waals surface area contributed by atoms with Crippen molar-refractivity contribution in [3.63, 3.8) is 0 Å². The van der Waals surface area contributed by atoms with Crippen molar-refractivity contribution >= 4 is 5.71 Å². The van der Waals surface area contributed by atoms with Crippen LogP contribution in [0.2, 0.25) is 0 Å². The number of hydrogen-bond donors (Lipinski definition) is 1. The van der Waals surface area contributed by atoms with Gasteiger partial charge in [-0.25, -0.2) is 0 Å². The molecule has 0 fully saturated rings. The summed E-state index contributed by atoms with van der Waals surface area (Å²) in [6.07, 6.45) is 7.62. The highest BCUT2D eigenvalue weighted by atomic mass is 15.1. The Labute approximate surface area is 73.4 Å². The molecular weight excluding hydrogens is 148 g/mol. The molecule has 2 heteroatoms. The zero-order valence-corrected chi connectivity index (χ0v) is 7.76. The van der Waals surface area contributed by atoms with E-state index in [0.29, 0.717) is 5.71 Å². The van der Waals surface area contributed by atoms with Gasteiger partial charge in [-0.05, 0) is 13.0 Å². The summed E-state index contributed by atoms with van der Waals surface area (Å²) in [6, 6.07) is 0. The minimum absolute atomic E-state index is 0.587. The zero-order chi connectivity index (χ0) is 9.14. The predicted octanol–water partition coefficient (Wildman–Crippen LogP) is 1.97. The number of nitrogens with zero attached hydrogens (tertiary/aromatic N) is 1. The Kier molecular flexibility index (Phi) is 2.48. The van der Waals surface area contributed by atoms with Gasteiger partial charge in [-0.1, -0.05) is 18.2 Å². The number of hydrogen-bond acceptors (Lipinski definition) is 2. The molecule has 0 atom stereocenters. The van der Waals surface area contributed by atoms with Crippen LogP contribution in [0.4, 0.5) is 0 Å². The summed E-state index contributed by atoms with van der Waals surface area (Å²) in [4.78, 5) is 2.02. The Morgan fingerprint density at radius 1 is 1.25 bits per heavy atom. The lowest BCUT2D eigenvalue weighted by molar-refractivity contribution is 0.511. The van der Waals surface area contributed by atoms with E-state index in [0.717, 1.165) is 11.3 Å². The van der Waals surface area contributed by atoms with E-state index < -0.39 is 0 Å². The molecule has 0 aromatic carbocycles. The smallest absolute Gasteiger partial charge is 0.0629 e. The molecule has 64 valence electrons. The summed E-state index contributed by atoms with van der Waals surface area (Å²) < 4.78 is 0. The molecular formula is C10H14N2. The zero-order valence-electron chi connectivity index (χ0n) is 7.76. The lowest BCUT2D eigenvalue weighted by atomic mass is 10.0. The summed E-state index contributed by atoms with van der Waals surface area (Å²) in [5, 5.41) is 7.65. The molecule has 12 heavy (non-hydrogen) atoms. The van der Waals surface area contributed by atoms with E-state index in [9.17, 15) is 0 Å². The van der Waals surface area contributed by atoms with Crippen molar-refractivity contribution in [2.45, 2.75) is 6.92 Å². The molecule has 0 saturated carbocycles. The van der Waals surface area contributed by atoms with Crippen molar-refractivity contribution < 1.29 is 0 Å². The minimum atomic E-state index is 0.587. The van der Waals surface area contributed by atoms with Crippen LogP contribution >= 0.6 is 0 Å². The van der Waals surface area contributed by atoms with Crippen molar-refractivity contribution in [3.8, 4) is 0 Å². The number of nitrogens with one attached hydrogen (secondary N) is 1. The largest absolute Gasteiger partial charge is 0.381 e. The lowest BCUT2D eigenvalue weighted by Crippen LogP contribution is -2.14. The standard InChI is InChI=1S/C10H14N2/c1-8(12(2)3)9-6-4-5-7-10(9)11/h4-7,11H,1-3H3/b9-8+,11-10?. The van der Waals surface area contributed by atoms with Gasteiger partial charge >= 0.3 is 0 Å². The third-order valence-electron chi connectivity index (χ3n) is 1.99. The topological polar surface area (TPSA) is 27.1 Å². The van der Waals surface area contributed by atoms with E-state index in [1.54, 1.807) is 0 Å². The third kappa shape index (κ3) is 1.64. The summed E-state index contributed by atoms with van der Waals surface area (Å²) in [5.74, 6) is 0. The molecule has 2 nitrogen and oxygen atoms in total. The fourth-order valence-electron chi connectivity index (χ4n) is 1.04. The first kappa shape index (κ1) is 8.78. The summed E-state index contributed by atoms with van der Waals surface area (Å²) in [5.41, 5.74) is 2.71. The van der Waals surface area contributed by atoms with Crippen molar-refractivity contribution in [2.75, 3.05) is 14.1 Å². The summed E-state index contributed by atoms with van der Waals surface area (Å²) in [7, 11) is 3.98. The van der Waals surface area contributed by atoms with Crippen molar-refractivity contribution in [2.24, 2.45) is 0 Å². The van der Waals surface area contributed by atoms with Gasteiger partial charge in [-0.2, -0.15) is 0 Å². The second-order valence-electron chi connectivity index (χ2n) is 3.03. The van der Waals surface area contributed by atoms with Crippen LogP contribution in [0.1, 0.15) is 6.92 Å². The molecule has 0 spiro atoms.